The summed E-state index contributed by atoms with van der Waals surface area (Å²) in [5, 5.41) is 3.00. The van der Waals surface area contributed by atoms with Crippen LogP contribution in [-0.4, -0.2) is 31.2 Å². The average molecular weight is 273 g/mol. The number of aryl methyl sites for hydroxylation is 1. The first-order chi connectivity index (χ1) is 9.69. The molecule has 0 radical (unpaired) electrons. The van der Waals surface area contributed by atoms with Gasteiger partial charge in [0.05, 0.1) is 11.2 Å². The van der Waals surface area contributed by atoms with E-state index in [1.54, 1.807) is 12.3 Å². The fourth-order valence-corrected chi connectivity index (χ4v) is 2.20. The summed E-state index contributed by atoms with van der Waals surface area (Å²) in [6, 6.07) is 8.12. The lowest BCUT2D eigenvalue weighted by atomic mass is 10.2. The first-order valence-electron chi connectivity index (χ1n) is 6.74. The molecule has 3 nitrogen and oxygen atoms in total. The molecule has 0 amide bonds. The van der Waals surface area contributed by atoms with Gasteiger partial charge in [0.2, 0.25) is 0 Å². The second-order valence-electron chi connectivity index (χ2n) is 4.64. The third-order valence-electron chi connectivity index (χ3n) is 3.32. The zero-order valence-electron chi connectivity index (χ0n) is 12.2. The van der Waals surface area contributed by atoms with Crippen LogP contribution in [0.25, 0.3) is 10.9 Å². The number of halogens is 1. The van der Waals surface area contributed by atoms with Gasteiger partial charge >= 0.3 is 0 Å². The van der Waals surface area contributed by atoms with E-state index in [0.29, 0.717) is 12.2 Å². The second kappa shape index (κ2) is 6.37. The van der Waals surface area contributed by atoms with Crippen LogP contribution in [0.4, 0.5) is 4.39 Å². The molecule has 0 saturated carbocycles. The fraction of sp³-hybridized carbons (Fsp3) is 0.312. The van der Waals surface area contributed by atoms with E-state index in [1.807, 2.05) is 48.1 Å². The molecule has 0 bridgehead atoms. The zero-order chi connectivity index (χ0) is 14.5. The lowest BCUT2D eigenvalue weighted by Gasteiger charge is -2.23. The van der Waals surface area contributed by atoms with Crippen LogP contribution in [0.1, 0.15) is 12.5 Å². The Bertz CT molecular complexity index is 640. The summed E-state index contributed by atoms with van der Waals surface area (Å²) in [5.74, 6) is 0. The summed E-state index contributed by atoms with van der Waals surface area (Å²) in [6.45, 7) is 4.18. The predicted molar refractivity (Wildman–Crippen MR) is 83.9 cm³/mol. The van der Waals surface area contributed by atoms with Crippen molar-refractivity contribution in [2.45, 2.75) is 13.8 Å². The Morgan fingerprint density at radius 3 is 2.85 bits per heavy atom. The SMILES string of the molecule is CCN=C/C=C(\CF)N(C)n1cc(C)c2ccccc21. The number of rotatable bonds is 5. The minimum absolute atomic E-state index is 0.530. The molecule has 0 unspecified atom stereocenters. The summed E-state index contributed by atoms with van der Waals surface area (Å²) >= 11 is 0. The van der Waals surface area contributed by atoms with Gasteiger partial charge in [0, 0.05) is 31.4 Å². The maximum atomic E-state index is 13.2. The van der Waals surface area contributed by atoms with Gasteiger partial charge in [0.1, 0.15) is 6.67 Å². The van der Waals surface area contributed by atoms with Crippen LogP contribution in [0.2, 0.25) is 0 Å². The van der Waals surface area contributed by atoms with Gasteiger partial charge in [-0.1, -0.05) is 18.2 Å². The Labute approximate surface area is 119 Å². The van der Waals surface area contributed by atoms with E-state index in [9.17, 15) is 4.39 Å². The quantitative estimate of drug-likeness (QED) is 0.764. The molecule has 106 valence electrons. The number of alkyl halides is 1. The van der Waals surface area contributed by atoms with E-state index in [4.69, 9.17) is 0 Å². The highest BCUT2D eigenvalue weighted by atomic mass is 19.1. The molecule has 0 aliphatic heterocycles. The van der Waals surface area contributed by atoms with E-state index in [1.165, 1.54) is 10.9 Å². The molecule has 1 heterocycles. The van der Waals surface area contributed by atoms with Crippen LogP contribution in [0.5, 0.6) is 0 Å². The number of aliphatic imine (C=N–C) groups is 1. The molecular formula is C16H20FN3. The third kappa shape index (κ3) is 2.74. The number of benzene rings is 1. The molecule has 2 rings (SSSR count). The summed E-state index contributed by atoms with van der Waals surface area (Å²) in [6.07, 6.45) is 5.39. The molecule has 0 atom stereocenters. The molecule has 0 fully saturated rings. The van der Waals surface area contributed by atoms with Crippen molar-refractivity contribution in [2.24, 2.45) is 4.99 Å². The topological polar surface area (TPSA) is 20.5 Å². The molecule has 1 aromatic carbocycles. The van der Waals surface area contributed by atoms with E-state index >= 15 is 0 Å². The van der Waals surface area contributed by atoms with Gasteiger partial charge in [0.15, 0.2) is 0 Å². The zero-order valence-corrected chi connectivity index (χ0v) is 12.2. The van der Waals surface area contributed by atoms with Crippen molar-refractivity contribution in [3.63, 3.8) is 0 Å². The Morgan fingerprint density at radius 1 is 1.40 bits per heavy atom. The largest absolute Gasteiger partial charge is 0.293 e. The highest BCUT2D eigenvalue weighted by molar-refractivity contribution is 5.84. The first kappa shape index (κ1) is 14.3. The smallest absolute Gasteiger partial charge is 0.131 e. The van der Waals surface area contributed by atoms with Gasteiger partial charge < -0.3 is 0 Å². The van der Waals surface area contributed by atoms with Crippen molar-refractivity contribution in [3.05, 3.63) is 47.8 Å². The lowest BCUT2D eigenvalue weighted by molar-refractivity contribution is 0.519. The van der Waals surface area contributed by atoms with Crippen molar-refractivity contribution in [1.82, 2.24) is 4.68 Å². The van der Waals surface area contributed by atoms with Gasteiger partial charge in [-0.05, 0) is 31.6 Å². The van der Waals surface area contributed by atoms with Gasteiger partial charge in [-0.3, -0.25) is 14.7 Å². The fourth-order valence-electron chi connectivity index (χ4n) is 2.20. The Morgan fingerprint density at radius 2 is 2.15 bits per heavy atom. The van der Waals surface area contributed by atoms with Crippen LogP contribution >= 0.6 is 0 Å². The van der Waals surface area contributed by atoms with E-state index in [-0.39, 0.29) is 0 Å². The van der Waals surface area contributed by atoms with Crippen LogP contribution in [0, 0.1) is 6.92 Å². The predicted octanol–water partition coefficient (Wildman–Crippen LogP) is 3.46. The summed E-state index contributed by atoms with van der Waals surface area (Å²) in [4.78, 5) is 4.10. The summed E-state index contributed by atoms with van der Waals surface area (Å²) in [5.41, 5.74) is 2.81. The van der Waals surface area contributed by atoms with Gasteiger partial charge in [-0.25, -0.2) is 4.39 Å². The number of aromatic nitrogens is 1. The van der Waals surface area contributed by atoms with Crippen LogP contribution in [0.15, 0.2) is 47.2 Å². The minimum Gasteiger partial charge on any atom is -0.293 e. The maximum Gasteiger partial charge on any atom is 0.131 e. The molecule has 0 N–H and O–H groups in total. The number of allylic oxidation sites excluding steroid dienone is 2. The molecule has 0 aliphatic rings. The number of para-hydroxylation sites is 1. The Hall–Kier alpha value is -2.10. The number of hydrogen-bond acceptors (Lipinski definition) is 2. The van der Waals surface area contributed by atoms with Crippen molar-refractivity contribution >= 4 is 17.1 Å². The number of nitrogens with zero attached hydrogens (tertiary/aromatic N) is 3. The second-order valence-corrected chi connectivity index (χ2v) is 4.64. The van der Waals surface area contributed by atoms with E-state index in [0.717, 1.165) is 5.52 Å². The van der Waals surface area contributed by atoms with Crippen LogP contribution in [-0.2, 0) is 0 Å². The van der Waals surface area contributed by atoms with Crippen molar-refractivity contribution < 1.29 is 4.39 Å². The standard InChI is InChI=1S/C16H20FN3/c1-4-18-10-9-14(11-17)19(3)20-12-13(2)15-7-5-6-8-16(15)20/h5-10,12H,4,11H2,1-3H3/b14-9+,18-10?. The summed E-state index contributed by atoms with van der Waals surface area (Å²) < 4.78 is 15.2. The van der Waals surface area contributed by atoms with Crippen molar-refractivity contribution in [1.29, 1.82) is 0 Å². The number of fused-ring (bicyclic) bond motifs is 1. The molecule has 2 aromatic rings. The minimum atomic E-state index is -0.530. The Balaban J connectivity index is 2.42. The molecule has 4 heteroatoms. The van der Waals surface area contributed by atoms with E-state index in [2.05, 4.69) is 18.0 Å². The van der Waals surface area contributed by atoms with Gasteiger partial charge in [-0.2, -0.15) is 0 Å². The first-order valence-corrected chi connectivity index (χ1v) is 6.74. The Kier molecular flexibility index (Phi) is 4.56. The van der Waals surface area contributed by atoms with Gasteiger partial charge in [0.25, 0.3) is 0 Å². The average Bonchev–Trinajstić information content (AvgIpc) is 2.81. The normalized spacial score (nSPS) is 12.5. The third-order valence-corrected chi connectivity index (χ3v) is 3.32. The molecule has 0 aliphatic carbocycles. The maximum absolute atomic E-state index is 13.2. The van der Waals surface area contributed by atoms with Crippen molar-refractivity contribution in [3.8, 4) is 0 Å². The van der Waals surface area contributed by atoms with E-state index < -0.39 is 6.67 Å². The van der Waals surface area contributed by atoms with Crippen molar-refractivity contribution in [2.75, 3.05) is 25.3 Å². The lowest BCUT2D eigenvalue weighted by Crippen LogP contribution is -2.29. The molecule has 20 heavy (non-hydrogen) atoms. The molecule has 0 spiro atoms. The number of hydrogen-bond donors (Lipinski definition) is 0. The monoisotopic (exact) mass is 273 g/mol. The van der Waals surface area contributed by atoms with Crippen LogP contribution in [0.3, 0.4) is 0 Å². The van der Waals surface area contributed by atoms with Crippen LogP contribution < -0.4 is 5.01 Å². The highest BCUT2D eigenvalue weighted by Gasteiger charge is 2.11. The molecular weight excluding hydrogens is 253 g/mol. The molecule has 1 aromatic heterocycles. The van der Waals surface area contributed by atoms with Gasteiger partial charge in [-0.15, -0.1) is 0 Å². The molecule has 0 saturated heterocycles. The summed E-state index contributed by atoms with van der Waals surface area (Å²) in [7, 11) is 1.86. The highest BCUT2D eigenvalue weighted by Crippen LogP contribution is 2.21.